The summed E-state index contributed by atoms with van der Waals surface area (Å²) in [6.07, 6.45) is -1.18. The zero-order valence-electron chi connectivity index (χ0n) is 14.3. The molecule has 0 aromatic carbocycles. The van der Waals surface area contributed by atoms with Crippen molar-refractivity contribution < 1.29 is 23.5 Å². The summed E-state index contributed by atoms with van der Waals surface area (Å²) in [6.45, 7) is 11.3. The van der Waals surface area contributed by atoms with E-state index in [1.54, 1.807) is 34.6 Å². The van der Waals surface area contributed by atoms with Crippen LogP contribution in [0.4, 0.5) is 9.18 Å². The Balaban J connectivity index is 5.11. The summed E-state index contributed by atoms with van der Waals surface area (Å²) >= 11 is 0. The lowest BCUT2D eigenvalue weighted by Crippen LogP contribution is -2.48. The standard InChI is InChI=1S/C15H28FNO4/c1-10(2)20-12(18)11(9-15(6,7)16)17(8)13(19)21-14(3,4)5/h10-11H,9H2,1-8H3/t11-/m0/s1. The molecule has 0 aliphatic heterocycles. The fraction of sp³-hybridized carbons (Fsp3) is 0.867. The predicted octanol–water partition coefficient (Wildman–Crippen LogP) is 3.31. The SMILES string of the molecule is CC(C)OC(=O)[C@H](CC(C)(C)F)N(C)C(=O)OC(C)(C)C. The number of alkyl halides is 1. The molecule has 0 bridgehead atoms. The van der Waals surface area contributed by atoms with Gasteiger partial charge < -0.3 is 9.47 Å². The molecular formula is C15H28FNO4. The zero-order valence-corrected chi connectivity index (χ0v) is 14.3. The summed E-state index contributed by atoms with van der Waals surface area (Å²) in [5, 5.41) is 0. The van der Waals surface area contributed by atoms with Crippen molar-refractivity contribution >= 4 is 12.1 Å². The van der Waals surface area contributed by atoms with Gasteiger partial charge in [-0.1, -0.05) is 0 Å². The van der Waals surface area contributed by atoms with Crippen molar-refractivity contribution in [1.82, 2.24) is 4.90 Å². The summed E-state index contributed by atoms with van der Waals surface area (Å²) in [6, 6.07) is -1.03. The van der Waals surface area contributed by atoms with Gasteiger partial charge in [-0.05, 0) is 48.5 Å². The average molecular weight is 305 g/mol. The first kappa shape index (κ1) is 19.7. The smallest absolute Gasteiger partial charge is 0.410 e. The Hall–Kier alpha value is -1.33. The first-order chi connectivity index (χ1) is 9.23. The molecule has 21 heavy (non-hydrogen) atoms. The van der Waals surface area contributed by atoms with E-state index in [0.717, 1.165) is 4.90 Å². The van der Waals surface area contributed by atoms with Gasteiger partial charge in [0.1, 0.15) is 17.3 Å². The predicted molar refractivity (Wildman–Crippen MR) is 78.8 cm³/mol. The van der Waals surface area contributed by atoms with Crippen molar-refractivity contribution in [2.45, 2.75) is 78.3 Å². The average Bonchev–Trinajstić information content (AvgIpc) is 2.20. The van der Waals surface area contributed by atoms with Crippen LogP contribution in [0.5, 0.6) is 0 Å². The van der Waals surface area contributed by atoms with Crippen molar-refractivity contribution in [1.29, 1.82) is 0 Å². The fourth-order valence-corrected chi connectivity index (χ4v) is 1.61. The van der Waals surface area contributed by atoms with E-state index in [9.17, 15) is 14.0 Å². The molecule has 0 aliphatic rings. The molecule has 0 aliphatic carbocycles. The molecule has 6 heteroatoms. The van der Waals surface area contributed by atoms with Crippen LogP contribution in [0.25, 0.3) is 0 Å². The lowest BCUT2D eigenvalue weighted by atomic mass is 10.00. The maximum atomic E-state index is 13.9. The second-order valence-corrected chi connectivity index (χ2v) is 7.02. The van der Waals surface area contributed by atoms with E-state index >= 15 is 0 Å². The molecule has 0 heterocycles. The summed E-state index contributed by atoms with van der Waals surface area (Å²) in [5.74, 6) is -0.635. The normalized spacial score (nSPS) is 13.8. The lowest BCUT2D eigenvalue weighted by molar-refractivity contribution is -0.154. The molecule has 0 aromatic rings. The second kappa shape index (κ2) is 7.09. The van der Waals surface area contributed by atoms with Gasteiger partial charge in [0.25, 0.3) is 0 Å². The summed E-state index contributed by atoms with van der Waals surface area (Å²) in [5.41, 5.74) is -2.31. The minimum absolute atomic E-state index is 0.158. The number of hydrogen-bond donors (Lipinski definition) is 0. The van der Waals surface area contributed by atoms with Crippen LogP contribution in [0.1, 0.15) is 54.9 Å². The van der Waals surface area contributed by atoms with Crippen LogP contribution in [0.15, 0.2) is 0 Å². The van der Waals surface area contributed by atoms with E-state index in [1.165, 1.54) is 20.9 Å². The van der Waals surface area contributed by atoms with Gasteiger partial charge in [-0.2, -0.15) is 0 Å². The zero-order chi connectivity index (χ0) is 17.0. The molecule has 0 N–H and O–H groups in total. The quantitative estimate of drug-likeness (QED) is 0.731. The summed E-state index contributed by atoms with van der Waals surface area (Å²) in [7, 11) is 1.41. The number of esters is 1. The Morgan fingerprint density at radius 1 is 1.14 bits per heavy atom. The van der Waals surface area contributed by atoms with E-state index in [1.807, 2.05) is 0 Å². The van der Waals surface area contributed by atoms with Gasteiger partial charge in [-0.15, -0.1) is 0 Å². The highest BCUT2D eigenvalue weighted by atomic mass is 19.1. The topological polar surface area (TPSA) is 55.8 Å². The molecule has 124 valence electrons. The van der Waals surface area contributed by atoms with Gasteiger partial charge in [0.2, 0.25) is 0 Å². The minimum atomic E-state index is -1.61. The summed E-state index contributed by atoms with van der Waals surface area (Å²) < 4.78 is 24.2. The largest absolute Gasteiger partial charge is 0.461 e. The van der Waals surface area contributed by atoms with Crippen molar-refractivity contribution in [3.63, 3.8) is 0 Å². The fourth-order valence-electron chi connectivity index (χ4n) is 1.61. The van der Waals surface area contributed by atoms with Gasteiger partial charge in [-0.25, -0.2) is 14.0 Å². The maximum absolute atomic E-state index is 13.9. The number of nitrogens with zero attached hydrogens (tertiary/aromatic N) is 1. The van der Waals surface area contributed by atoms with Crippen molar-refractivity contribution in [2.75, 3.05) is 7.05 Å². The van der Waals surface area contributed by atoms with Crippen LogP contribution in [0.3, 0.4) is 0 Å². The first-order valence-corrected chi connectivity index (χ1v) is 7.08. The number of hydrogen-bond acceptors (Lipinski definition) is 4. The molecule has 1 atom stereocenters. The van der Waals surface area contributed by atoms with Crippen LogP contribution in [0, 0.1) is 0 Å². The van der Waals surface area contributed by atoms with E-state index in [0.29, 0.717) is 0 Å². The Morgan fingerprint density at radius 2 is 1.62 bits per heavy atom. The van der Waals surface area contributed by atoms with Crippen LogP contribution in [0.2, 0.25) is 0 Å². The third-order valence-corrected chi connectivity index (χ3v) is 2.45. The van der Waals surface area contributed by atoms with Crippen molar-refractivity contribution in [3.8, 4) is 0 Å². The van der Waals surface area contributed by atoms with E-state index in [4.69, 9.17) is 9.47 Å². The van der Waals surface area contributed by atoms with Crippen molar-refractivity contribution in [2.24, 2.45) is 0 Å². The van der Waals surface area contributed by atoms with Gasteiger partial charge in [0.15, 0.2) is 0 Å². The molecule has 0 radical (unpaired) electrons. The number of amides is 1. The molecular weight excluding hydrogens is 277 g/mol. The third kappa shape index (κ3) is 8.52. The number of carbonyl (C=O) groups is 2. The number of ether oxygens (including phenoxy) is 2. The molecule has 0 spiro atoms. The highest BCUT2D eigenvalue weighted by Crippen LogP contribution is 2.22. The van der Waals surface area contributed by atoms with Crippen LogP contribution < -0.4 is 0 Å². The Morgan fingerprint density at radius 3 is 1.95 bits per heavy atom. The minimum Gasteiger partial charge on any atom is -0.461 e. The highest BCUT2D eigenvalue weighted by molar-refractivity contribution is 5.81. The monoisotopic (exact) mass is 305 g/mol. The Bertz CT molecular complexity index is 369. The second-order valence-electron chi connectivity index (χ2n) is 7.02. The lowest BCUT2D eigenvalue weighted by Gasteiger charge is -2.32. The van der Waals surface area contributed by atoms with E-state index in [-0.39, 0.29) is 12.5 Å². The maximum Gasteiger partial charge on any atom is 0.410 e. The van der Waals surface area contributed by atoms with Gasteiger partial charge >= 0.3 is 12.1 Å². The van der Waals surface area contributed by atoms with Crippen LogP contribution in [-0.4, -0.2) is 47.4 Å². The molecule has 0 saturated heterocycles. The van der Waals surface area contributed by atoms with Crippen molar-refractivity contribution in [3.05, 3.63) is 0 Å². The van der Waals surface area contributed by atoms with Gasteiger partial charge in [0, 0.05) is 13.5 Å². The van der Waals surface area contributed by atoms with Crippen LogP contribution >= 0.6 is 0 Å². The van der Waals surface area contributed by atoms with E-state index in [2.05, 4.69) is 0 Å². The molecule has 0 fully saturated rings. The number of rotatable bonds is 5. The number of halogens is 1. The summed E-state index contributed by atoms with van der Waals surface area (Å²) in [4.78, 5) is 25.2. The Kier molecular flexibility index (Phi) is 6.64. The van der Waals surface area contributed by atoms with Gasteiger partial charge in [0.05, 0.1) is 6.10 Å². The molecule has 1 amide bonds. The molecule has 5 nitrogen and oxygen atoms in total. The first-order valence-electron chi connectivity index (χ1n) is 7.08. The molecule has 0 saturated carbocycles. The molecule has 0 rings (SSSR count). The van der Waals surface area contributed by atoms with Gasteiger partial charge in [-0.3, -0.25) is 4.90 Å². The Labute approximate surface area is 126 Å². The van der Waals surface area contributed by atoms with Crippen LogP contribution in [-0.2, 0) is 14.3 Å². The number of carbonyl (C=O) groups excluding carboxylic acids is 2. The molecule has 0 unspecified atom stereocenters. The van der Waals surface area contributed by atoms with E-state index < -0.39 is 29.4 Å². The number of likely N-dealkylation sites (N-methyl/N-ethyl adjacent to an activating group) is 1. The third-order valence-electron chi connectivity index (χ3n) is 2.45. The molecule has 0 aromatic heterocycles. The highest BCUT2D eigenvalue weighted by Gasteiger charge is 2.36.